The minimum atomic E-state index is -0.202. The number of rotatable bonds is 6. The third-order valence-electron chi connectivity index (χ3n) is 4.68. The van der Waals surface area contributed by atoms with Crippen LogP contribution in [0.25, 0.3) is 0 Å². The molecule has 0 radical (unpaired) electrons. The van der Waals surface area contributed by atoms with Crippen molar-refractivity contribution in [1.82, 2.24) is 39.7 Å². The zero-order valence-electron chi connectivity index (χ0n) is 15.2. The Labute approximate surface area is 157 Å². The fraction of sp³-hybridized carbons (Fsp3) is 0.389. The highest BCUT2D eigenvalue weighted by molar-refractivity contribution is 5.91. The molecule has 0 saturated heterocycles. The van der Waals surface area contributed by atoms with Crippen LogP contribution in [0, 0.1) is 0 Å². The Morgan fingerprint density at radius 1 is 1.26 bits per heavy atom. The number of hydrogen-bond donors (Lipinski definition) is 1. The fourth-order valence-corrected chi connectivity index (χ4v) is 3.47. The number of carbonyl (C=O) groups excluding carboxylic acids is 1. The van der Waals surface area contributed by atoms with Crippen molar-refractivity contribution in [3.63, 3.8) is 0 Å². The molecule has 0 aromatic carbocycles. The Hall–Kier alpha value is -3.07. The van der Waals surface area contributed by atoms with E-state index in [1.54, 1.807) is 6.20 Å². The zero-order valence-corrected chi connectivity index (χ0v) is 15.2. The number of aryl methyl sites for hydroxylation is 1. The maximum atomic E-state index is 12.1. The van der Waals surface area contributed by atoms with Gasteiger partial charge in [0.15, 0.2) is 0 Å². The van der Waals surface area contributed by atoms with Crippen LogP contribution in [0.2, 0.25) is 0 Å². The Bertz CT molecular complexity index is 903. The summed E-state index contributed by atoms with van der Waals surface area (Å²) in [7, 11) is 1.93. The molecule has 9 heteroatoms. The zero-order chi connectivity index (χ0) is 18.6. The third-order valence-corrected chi connectivity index (χ3v) is 4.68. The second kappa shape index (κ2) is 7.67. The fourth-order valence-electron chi connectivity index (χ4n) is 3.47. The van der Waals surface area contributed by atoms with Crippen molar-refractivity contribution < 1.29 is 4.79 Å². The molecule has 3 aromatic rings. The third kappa shape index (κ3) is 4.03. The van der Waals surface area contributed by atoms with E-state index in [9.17, 15) is 4.79 Å². The highest BCUT2D eigenvalue weighted by Crippen LogP contribution is 2.24. The SMILES string of the molecule is Cn1cc(CN2Cc3ccnn3[C@H](CCNC(=O)c3cnccn3)C2)cn1. The molecule has 4 heterocycles. The number of carbonyl (C=O) groups is 1. The van der Waals surface area contributed by atoms with Crippen LogP contribution in [0.1, 0.15) is 34.2 Å². The summed E-state index contributed by atoms with van der Waals surface area (Å²) in [5.74, 6) is -0.202. The van der Waals surface area contributed by atoms with E-state index in [0.717, 1.165) is 26.1 Å². The summed E-state index contributed by atoms with van der Waals surface area (Å²) in [6.45, 7) is 3.14. The molecule has 4 rings (SSSR count). The van der Waals surface area contributed by atoms with Gasteiger partial charge in [0.05, 0.1) is 24.1 Å². The summed E-state index contributed by atoms with van der Waals surface area (Å²) in [5, 5.41) is 11.6. The van der Waals surface area contributed by atoms with Crippen molar-refractivity contribution in [3.8, 4) is 0 Å². The first-order chi connectivity index (χ1) is 13.2. The normalized spacial score (nSPS) is 16.9. The molecule has 3 aromatic heterocycles. The Morgan fingerprint density at radius 3 is 2.96 bits per heavy atom. The summed E-state index contributed by atoms with van der Waals surface area (Å²) in [5.41, 5.74) is 2.72. The van der Waals surface area contributed by atoms with E-state index in [-0.39, 0.29) is 11.9 Å². The van der Waals surface area contributed by atoms with Crippen molar-refractivity contribution >= 4 is 5.91 Å². The molecule has 1 N–H and O–H groups in total. The number of amides is 1. The van der Waals surface area contributed by atoms with Crippen molar-refractivity contribution in [3.05, 3.63) is 60.2 Å². The van der Waals surface area contributed by atoms with E-state index in [1.807, 2.05) is 30.3 Å². The average molecular weight is 366 g/mol. The van der Waals surface area contributed by atoms with Gasteiger partial charge in [-0.25, -0.2) is 4.98 Å². The van der Waals surface area contributed by atoms with Gasteiger partial charge in [-0.1, -0.05) is 0 Å². The number of aromatic nitrogens is 6. The summed E-state index contributed by atoms with van der Waals surface area (Å²) >= 11 is 0. The topological polar surface area (TPSA) is 93.8 Å². The van der Waals surface area contributed by atoms with E-state index >= 15 is 0 Å². The molecule has 1 amide bonds. The number of fused-ring (bicyclic) bond motifs is 1. The van der Waals surface area contributed by atoms with Gasteiger partial charge in [-0.05, 0) is 12.5 Å². The van der Waals surface area contributed by atoms with Gasteiger partial charge in [0.1, 0.15) is 5.69 Å². The molecule has 0 unspecified atom stereocenters. The lowest BCUT2D eigenvalue weighted by Gasteiger charge is -2.33. The maximum absolute atomic E-state index is 12.1. The summed E-state index contributed by atoms with van der Waals surface area (Å²) < 4.78 is 3.90. The molecule has 140 valence electrons. The highest BCUT2D eigenvalue weighted by Gasteiger charge is 2.25. The van der Waals surface area contributed by atoms with Crippen LogP contribution in [-0.2, 0) is 20.1 Å². The van der Waals surface area contributed by atoms with Crippen LogP contribution < -0.4 is 5.32 Å². The van der Waals surface area contributed by atoms with E-state index < -0.39 is 0 Å². The summed E-state index contributed by atoms with van der Waals surface area (Å²) in [6.07, 6.45) is 11.1. The minimum absolute atomic E-state index is 0.202. The lowest BCUT2D eigenvalue weighted by atomic mass is 10.1. The van der Waals surface area contributed by atoms with Gasteiger partial charge in [0.25, 0.3) is 5.91 Å². The number of nitrogens with zero attached hydrogens (tertiary/aromatic N) is 7. The van der Waals surface area contributed by atoms with Gasteiger partial charge in [-0.15, -0.1) is 0 Å². The molecule has 1 aliphatic heterocycles. The van der Waals surface area contributed by atoms with Crippen molar-refractivity contribution in [2.75, 3.05) is 13.1 Å². The maximum Gasteiger partial charge on any atom is 0.271 e. The van der Waals surface area contributed by atoms with Crippen LogP contribution in [0.15, 0.2) is 43.2 Å². The molecule has 1 aliphatic rings. The number of nitrogens with one attached hydrogen (secondary N) is 1. The molecule has 27 heavy (non-hydrogen) atoms. The van der Waals surface area contributed by atoms with Crippen molar-refractivity contribution in [2.45, 2.75) is 25.6 Å². The van der Waals surface area contributed by atoms with Gasteiger partial charge >= 0.3 is 0 Å². The van der Waals surface area contributed by atoms with E-state index in [0.29, 0.717) is 12.2 Å². The lowest BCUT2D eigenvalue weighted by Crippen LogP contribution is -2.39. The average Bonchev–Trinajstić information content (AvgIpc) is 3.31. The quantitative estimate of drug-likeness (QED) is 0.693. The van der Waals surface area contributed by atoms with Crippen LogP contribution in [0.3, 0.4) is 0 Å². The smallest absolute Gasteiger partial charge is 0.271 e. The van der Waals surface area contributed by atoms with Crippen LogP contribution in [0.5, 0.6) is 0 Å². The standard InChI is InChI=1S/C18H22N8O/c1-24-10-14(8-23-24)11-25-12-15(26-16(13-25)3-5-22-26)2-4-21-18(27)17-9-19-6-7-20-17/h3,5-10,15H,2,4,11-13H2,1H3,(H,21,27)/t15-/m1/s1. The molecule has 0 fully saturated rings. The van der Waals surface area contributed by atoms with Gasteiger partial charge in [0.2, 0.25) is 0 Å². The van der Waals surface area contributed by atoms with Crippen LogP contribution >= 0.6 is 0 Å². The van der Waals surface area contributed by atoms with E-state index in [2.05, 4.69) is 41.1 Å². The second-order valence-electron chi connectivity index (χ2n) is 6.75. The Morgan fingerprint density at radius 2 is 2.19 bits per heavy atom. The molecule has 1 atom stereocenters. The van der Waals surface area contributed by atoms with Gasteiger partial charge < -0.3 is 5.32 Å². The first kappa shape index (κ1) is 17.3. The van der Waals surface area contributed by atoms with E-state index in [4.69, 9.17) is 0 Å². The summed E-state index contributed by atoms with van der Waals surface area (Å²) in [6, 6.07) is 2.27. The second-order valence-corrected chi connectivity index (χ2v) is 6.75. The first-order valence-corrected chi connectivity index (χ1v) is 8.95. The molecular weight excluding hydrogens is 344 g/mol. The Balaban J connectivity index is 1.37. The lowest BCUT2D eigenvalue weighted by molar-refractivity contribution is 0.0941. The van der Waals surface area contributed by atoms with Crippen LogP contribution in [-0.4, -0.2) is 53.4 Å². The predicted octanol–water partition coefficient (Wildman–Crippen LogP) is 0.784. The largest absolute Gasteiger partial charge is 0.351 e. The first-order valence-electron chi connectivity index (χ1n) is 8.95. The molecule has 0 aliphatic carbocycles. The van der Waals surface area contributed by atoms with Gasteiger partial charge in [-0.2, -0.15) is 10.2 Å². The monoisotopic (exact) mass is 366 g/mol. The molecule has 9 nitrogen and oxygen atoms in total. The minimum Gasteiger partial charge on any atom is -0.351 e. The molecule has 0 saturated carbocycles. The van der Waals surface area contributed by atoms with E-state index in [1.165, 1.54) is 23.7 Å². The predicted molar refractivity (Wildman–Crippen MR) is 97.6 cm³/mol. The molecular formula is C18H22N8O. The van der Waals surface area contributed by atoms with Crippen LogP contribution in [0.4, 0.5) is 0 Å². The highest BCUT2D eigenvalue weighted by atomic mass is 16.1. The Kier molecular flexibility index (Phi) is 4.93. The van der Waals surface area contributed by atoms with Gasteiger partial charge in [-0.3, -0.25) is 24.0 Å². The summed E-state index contributed by atoms with van der Waals surface area (Å²) in [4.78, 5) is 22.5. The number of hydrogen-bond acceptors (Lipinski definition) is 6. The molecule has 0 spiro atoms. The van der Waals surface area contributed by atoms with Crippen molar-refractivity contribution in [1.29, 1.82) is 0 Å². The van der Waals surface area contributed by atoms with Gasteiger partial charge in [0, 0.05) is 63.6 Å². The van der Waals surface area contributed by atoms with Crippen molar-refractivity contribution in [2.24, 2.45) is 7.05 Å². The molecule has 0 bridgehead atoms.